The molecule has 0 saturated carbocycles. The predicted octanol–water partition coefficient (Wildman–Crippen LogP) is 2.52. The minimum absolute atomic E-state index is 0.0348. The highest BCUT2D eigenvalue weighted by Crippen LogP contribution is 2.22. The number of benzene rings is 1. The number of carbonyl (C=O) groups excluding carboxylic acids is 2. The van der Waals surface area contributed by atoms with Gasteiger partial charge in [-0.15, -0.1) is 0 Å². The molecule has 0 aromatic heterocycles. The summed E-state index contributed by atoms with van der Waals surface area (Å²) in [7, 11) is 1.61. The second kappa shape index (κ2) is 7.35. The van der Waals surface area contributed by atoms with Crippen molar-refractivity contribution >= 4 is 17.6 Å². The summed E-state index contributed by atoms with van der Waals surface area (Å²) in [6, 6.07) is 5.46. The van der Waals surface area contributed by atoms with Gasteiger partial charge < -0.3 is 20.3 Å². The lowest BCUT2D eigenvalue weighted by Crippen LogP contribution is -2.47. The van der Waals surface area contributed by atoms with E-state index in [9.17, 15) is 9.59 Å². The summed E-state index contributed by atoms with van der Waals surface area (Å²) in [6.45, 7) is 6.38. The van der Waals surface area contributed by atoms with Gasteiger partial charge in [-0.3, -0.25) is 4.79 Å². The van der Waals surface area contributed by atoms with Gasteiger partial charge in [-0.25, -0.2) is 4.79 Å². The van der Waals surface area contributed by atoms with Gasteiger partial charge >= 0.3 is 6.03 Å². The molecule has 1 fully saturated rings. The molecule has 1 aromatic carbocycles. The van der Waals surface area contributed by atoms with E-state index in [4.69, 9.17) is 4.74 Å². The van der Waals surface area contributed by atoms with Crippen LogP contribution in [0.15, 0.2) is 18.2 Å². The number of anilines is 1. The Labute approximate surface area is 137 Å². The number of hydrogen-bond acceptors (Lipinski definition) is 3. The van der Waals surface area contributed by atoms with Crippen molar-refractivity contribution in [2.24, 2.45) is 0 Å². The van der Waals surface area contributed by atoms with Gasteiger partial charge in [0.1, 0.15) is 5.75 Å². The largest absolute Gasteiger partial charge is 0.497 e. The molecule has 1 atom stereocenters. The van der Waals surface area contributed by atoms with Crippen molar-refractivity contribution in [1.29, 1.82) is 0 Å². The van der Waals surface area contributed by atoms with Crippen LogP contribution >= 0.6 is 0 Å². The third-order valence-corrected chi connectivity index (χ3v) is 4.06. The minimum atomic E-state index is -0.158. The number of ether oxygens (including phenoxy) is 1. The first-order chi connectivity index (χ1) is 10.9. The van der Waals surface area contributed by atoms with Crippen LogP contribution in [0, 0.1) is 6.92 Å². The minimum Gasteiger partial charge on any atom is -0.497 e. The van der Waals surface area contributed by atoms with Gasteiger partial charge in [0, 0.05) is 30.7 Å². The number of methoxy groups -OCH3 is 1. The number of amides is 3. The summed E-state index contributed by atoms with van der Waals surface area (Å²) in [5.74, 6) is 0.819. The van der Waals surface area contributed by atoms with Crippen LogP contribution in [0.4, 0.5) is 10.5 Å². The Morgan fingerprint density at radius 3 is 2.74 bits per heavy atom. The topological polar surface area (TPSA) is 70.7 Å². The molecule has 0 unspecified atom stereocenters. The maximum atomic E-state index is 12.6. The van der Waals surface area contributed by atoms with E-state index < -0.39 is 0 Å². The van der Waals surface area contributed by atoms with Crippen LogP contribution in [0.5, 0.6) is 5.75 Å². The van der Waals surface area contributed by atoms with Crippen LogP contribution in [0.1, 0.15) is 32.3 Å². The van der Waals surface area contributed by atoms with E-state index in [-0.39, 0.29) is 24.0 Å². The molecule has 126 valence electrons. The van der Waals surface area contributed by atoms with Gasteiger partial charge in [0.05, 0.1) is 7.11 Å². The van der Waals surface area contributed by atoms with Crippen LogP contribution in [0.2, 0.25) is 0 Å². The zero-order valence-electron chi connectivity index (χ0n) is 14.2. The summed E-state index contributed by atoms with van der Waals surface area (Å²) in [6.07, 6.45) is 1.31. The van der Waals surface area contributed by atoms with Crippen molar-refractivity contribution in [1.82, 2.24) is 10.2 Å². The van der Waals surface area contributed by atoms with Gasteiger partial charge in [0.25, 0.3) is 0 Å². The standard InChI is InChI=1S/C17H25N3O3/c1-11(2)20(10-13-5-8-16(21)18-13)17(22)19-15-7-6-14(23-4)9-12(15)3/h6-7,9,11,13H,5,8,10H2,1-4H3,(H,18,21)(H,19,22)/t13-/m0/s1. The Hall–Kier alpha value is -2.24. The van der Waals surface area contributed by atoms with Crippen molar-refractivity contribution < 1.29 is 14.3 Å². The second-order valence-corrected chi connectivity index (χ2v) is 6.16. The Morgan fingerprint density at radius 1 is 1.48 bits per heavy atom. The molecule has 1 aliphatic rings. The normalized spacial score (nSPS) is 17.1. The molecule has 1 heterocycles. The van der Waals surface area contributed by atoms with Crippen molar-refractivity contribution in [2.45, 2.75) is 45.7 Å². The molecular weight excluding hydrogens is 294 g/mol. The van der Waals surface area contributed by atoms with Crippen LogP contribution < -0.4 is 15.4 Å². The molecule has 23 heavy (non-hydrogen) atoms. The van der Waals surface area contributed by atoms with Crippen molar-refractivity contribution in [3.05, 3.63) is 23.8 Å². The van der Waals surface area contributed by atoms with E-state index in [0.29, 0.717) is 13.0 Å². The third kappa shape index (κ3) is 4.37. The first-order valence-corrected chi connectivity index (χ1v) is 7.92. The van der Waals surface area contributed by atoms with Crippen molar-refractivity contribution in [3.63, 3.8) is 0 Å². The maximum Gasteiger partial charge on any atom is 0.322 e. The van der Waals surface area contributed by atoms with Gasteiger partial charge in [-0.05, 0) is 51.0 Å². The highest BCUT2D eigenvalue weighted by atomic mass is 16.5. The summed E-state index contributed by atoms with van der Waals surface area (Å²) in [5, 5.41) is 5.85. The van der Waals surface area contributed by atoms with Gasteiger partial charge in [-0.2, -0.15) is 0 Å². The Morgan fingerprint density at radius 2 is 2.22 bits per heavy atom. The highest BCUT2D eigenvalue weighted by molar-refractivity contribution is 5.90. The van der Waals surface area contributed by atoms with Crippen molar-refractivity contribution in [3.8, 4) is 5.75 Å². The fraction of sp³-hybridized carbons (Fsp3) is 0.529. The second-order valence-electron chi connectivity index (χ2n) is 6.16. The lowest BCUT2D eigenvalue weighted by Gasteiger charge is -2.29. The zero-order valence-corrected chi connectivity index (χ0v) is 14.2. The summed E-state index contributed by atoms with van der Waals surface area (Å²) < 4.78 is 5.18. The summed E-state index contributed by atoms with van der Waals surface area (Å²) >= 11 is 0. The SMILES string of the molecule is COc1ccc(NC(=O)N(C[C@@H]2CCC(=O)N2)C(C)C)c(C)c1. The van der Waals surface area contributed by atoms with E-state index in [1.165, 1.54) is 0 Å². The van der Waals surface area contributed by atoms with Crippen molar-refractivity contribution in [2.75, 3.05) is 19.0 Å². The summed E-state index contributed by atoms with van der Waals surface area (Å²) in [5.41, 5.74) is 1.70. The van der Waals surface area contributed by atoms with Gasteiger partial charge in [-0.1, -0.05) is 0 Å². The van der Waals surface area contributed by atoms with E-state index in [0.717, 1.165) is 23.4 Å². The zero-order chi connectivity index (χ0) is 17.0. The molecule has 1 aliphatic heterocycles. The molecule has 0 aliphatic carbocycles. The lowest BCUT2D eigenvalue weighted by atomic mass is 10.2. The molecule has 0 radical (unpaired) electrons. The van der Waals surface area contributed by atoms with Crippen LogP contribution in [0.3, 0.4) is 0 Å². The molecule has 0 bridgehead atoms. The van der Waals surface area contributed by atoms with E-state index in [1.54, 1.807) is 12.0 Å². The first kappa shape index (κ1) is 17.1. The molecule has 2 N–H and O–H groups in total. The maximum absolute atomic E-state index is 12.6. The Balaban J connectivity index is 2.04. The molecule has 3 amide bonds. The molecular formula is C17H25N3O3. The number of aryl methyl sites for hydroxylation is 1. The molecule has 1 saturated heterocycles. The quantitative estimate of drug-likeness (QED) is 0.876. The van der Waals surface area contributed by atoms with E-state index in [1.807, 2.05) is 39.0 Å². The van der Waals surface area contributed by atoms with Crippen LogP contribution in [-0.4, -0.2) is 42.6 Å². The highest BCUT2D eigenvalue weighted by Gasteiger charge is 2.26. The number of carbonyl (C=O) groups is 2. The van der Waals surface area contributed by atoms with Crippen LogP contribution in [-0.2, 0) is 4.79 Å². The average molecular weight is 319 g/mol. The molecule has 6 nitrogen and oxygen atoms in total. The number of nitrogens with zero attached hydrogens (tertiary/aromatic N) is 1. The molecule has 0 spiro atoms. The first-order valence-electron chi connectivity index (χ1n) is 7.92. The Bertz CT molecular complexity index is 586. The number of nitrogens with one attached hydrogen (secondary N) is 2. The molecule has 6 heteroatoms. The average Bonchev–Trinajstić information content (AvgIpc) is 2.91. The van der Waals surface area contributed by atoms with E-state index in [2.05, 4.69) is 10.6 Å². The fourth-order valence-electron chi connectivity index (χ4n) is 2.67. The Kier molecular flexibility index (Phi) is 5.47. The number of hydrogen-bond donors (Lipinski definition) is 2. The predicted molar refractivity (Wildman–Crippen MR) is 89.8 cm³/mol. The lowest BCUT2D eigenvalue weighted by molar-refractivity contribution is -0.119. The summed E-state index contributed by atoms with van der Waals surface area (Å²) in [4.78, 5) is 25.7. The van der Waals surface area contributed by atoms with Gasteiger partial charge in [0.2, 0.25) is 5.91 Å². The molecule has 1 aromatic rings. The third-order valence-electron chi connectivity index (χ3n) is 4.06. The smallest absolute Gasteiger partial charge is 0.322 e. The van der Waals surface area contributed by atoms with Gasteiger partial charge in [0.15, 0.2) is 0 Å². The number of urea groups is 1. The van der Waals surface area contributed by atoms with Crippen LogP contribution in [0.25, 0.3) is 0 Å². The number of rotatable bonds is 5. The molecule has 2 rings (SSSR count). The van der Waals surface area contributed by atoms with E-state index >= 15 is 0 Å². The monoisotopic (exact) mass is 319 g/mol. The fourth-order valence-corrected chi connectivity index (χ4v) is 2.67.